The third kappa shape index (κ3) is 58.8. The third-order valence-electron chi connectivity index (χ3n) is 13.2. The SMILES string of the molecule is CC/C=C\C/C=C\C/C=C\C/C=C\CCCCCCCCC(=O)OC(COC(=O)CCCCCCCCCCC/C=C\CCCCCCCC)COP(=O)(O)OCC(CO)OC(=O)CCCC/C=C\C/C=C\C/C=C\C/C=C\CC. The molecule has 2 N–H and O–H groups in total. The van der Waals surface area contributed by atoms with Gasteiger partial charge in [-0.25, -0.2) is 4.57 Å². The first kappa shape index (κ1) is 76.1. The van der Waals surface area contributed by atoms with Crippen LogP contribution in [0.4, 0.5) is 0 Å². The standard InChI is InChI=1S/C68H115O11P/c1-4-7-10-13-16-19-22-25-28-30-32-34-37-39-42-45-48-51-54-57-66(70)75-61-65(79-68(72)59-56-53-50-47-44-41-38-35-33-31-29-26-23-20-17-14-11-8-5-2)63-77-80(73,74)76-62-64(60-69)78-67(71)58-55-52-49-46-43-40-36-27-24-21-18-15-12-9-6-3/h8-9,11-12,17-18,20-21,25-29,33,35-36,43,46,64-65,69H,4-7,10,13-16,19,22-24,30-32,34,37-42,44-45,47-63H2,1-3H3,(H,73,74)/b11-8-,12-9-,20-17-,21-18-,28-25-,29-26-,35-33-,36-27-,46-43-. The largest absolute Gasteiger partial charge is 0.472 e. The zero-order chi connectivity index (χ0) is 58.3. The Kier molecular flexibility index (Phi) is 58.3. The molecule has 3 unspecified atom stereocenters. The molecule has 0 aromatic carbocycles. The molecule has 0 aliphatic rings. The third-order valence-corrected chi connectivity index (χ3v) is 14.1. The van der Waals surface area contributed by atoms with Crippen LogP contribution in [0.3, 0.4) is 0 Å². The van der Waals surface area contributed by atoms with Gasteiger partial charge in [-0.05, 0) is 122 Å². The van der Waals surface area contributed by atoms with Crippen LogP contribution < -0.4 is 0 Å². The van der Waals surface area contributed by atoms with E-state index in [1.165, 1.54) is 83.5 Å². The smallest absolute Gasteiger partial charge is 0.462 e. The zero-order valence-electron chi connectivity index (χ0n) is 50.8. The molecule has 80 heavy (non-hydrogen) atoms. The monoisotopic (exact) mass is 1140 g/mol. The van der Waals surface area contributed by atoms with Crippen molar-refractivity contribution in [2.45, 2.75) is 277 Å². The summed E-state index contributed by atoms with van der Waals surface area (Å²) >= 11 is 0. The van der Waals surface area contributed by atoms with E-state index < -0.39 is 57.8 Å². The molecule has 0 spiro atoms. The van der Waals surface area contributed by atoms with E-state index in [1.54, 1.807) is 0 Å². The molecule has 0 rings (SSSR count). The number of rotatable bonds is 58. The maximum atomic E-state index is 13.0. The number of carbonyl (C=O) groups is 3. The molecule has 3 atom stereocenters. The minimum atomic E-state index is -4.77. The highest BCUT2D eigenvalue weighted by Crippen LogP contribution is 2.43. The summed E-state index contributed by atoms with van der Waals surface area (Å²) < 4.78 is 39.6. The summed E-state index contributed by atoms with van der Waals surface area (Å²) in [4.78, 5) is 48.7. The number of hydrogen-bond acceptors (Lipinski definition) is 10. The van der Waals surface area contributed by atoms with Gasteiger partial charge in [0.2, 0.25) is 0 Å². The van der Waals surface area contributed by atoms with Crippen molar-refractivity contribution in [3.63, 3.8) is 0 Å². The van der Waals surface area contributed by atoms with Crippen molar-refractivity contribution in [1.29, 1.82) is 0 Å². The van der Waals surface area contributed by atoms with Gasteiger partial charge in [0.1, 0.15) is 12.7 Å². The maximum Gasteiger partial charge on any atom is 0.472 e. The van der Waals surface area contributed by atoms with Crippen LogP contribution in [-0.2, 0) is 42.2 Å². The van der Waals surface area contributed by atoms with Crippen molar-refractivity contribution in [1.82, 2.24) is 0 Å². The normalized spacial score (nSPS) is 14.0. The van der Waals surface area contributed by atoms with Gasteiger partial charge < -0.3 is 24.2 Å². The van der Waals surface area contributed by atoms with Crippen LogP contribution in [0, 0.1) is 0 Å². The van der Waals surface area contributed by atoms with Gasteiger partial charge in [-0.1, -0.05) is 233 Å². The fraction of sp³-hybridized carbons (Fsp3) is 0.691. The van der Waals surface area contributed by atoms with Crippen LogP contribution in [0.2, 0.25) is 0 Å². The van der Waals surface area contributed by atoms with Gasteiger partial charge in [0.25, 0.3) is 0 Å². The van der Waals surface area contributed by atoms with Crippen LogP contribution in [0.5, 0.6) is 0 Å². The Hall–Kier alpha value is -3.86. The Balaban J connectivity index is 4.78. The minimum absolute atomic E-state index is 0.119. The minimum Gasteiger partial charge on any atom is -0.462 e. The van der Waals surface area contributed by atoms with Crippen molar-refractivity contribution in [2.24, 2.45) is 0 Å². The number of carbonyl (C=O) groups excluding carboxylic acids is 3. The molecule has 0 amide bonds. The quantitative estimate of drug-likeness (QED) is 0.0197. The molecular formula is C68H115O11P. The Bertz CT molecular complexity index is 1760. The average Bonchev–Trinajstić information content (AvgIpc) is 3.45. The summed E-state index contributed by atoms with van der Waals surface area (Å²) in [5.41, 5.74) is 0. The molecule has 458 valence electrons. The lowest BCUT2D eigenvalue weighted by Crippen LogP contribution is -2.30. The Labute approximate surface area is 488 Å². The number of aliphatic hydroxyl groups excluding tert-OH is 1. The van der Waals surface area contributed by atoms with Crippen molar-refractivity contribution in [2.75, 3.05) is 26.4 Å². The van der Waals surface area contributed by atoms with Crippen LogP contribution in [0.15, 0.2) is 109 Å². The van der Waals surface area contributed by atoms with Crippen molar-refractivity contribution < 1.29 is 52.2 Å². The number of esters is 3. The highest BCUT2D eigenvalue weighted by Gasteiger charge is 2.28. The second-order valence-electron chi connectivity index (χ2n) is 20.8. The van der Waals surface area contributed by atoms with Gasteiger partial charge in [0, 0.05) is 19.3 Å². The zero-order valence-corrected chi connectivity index (χ0v) is 51.7. The van der Waals surface area contributed by atoms with Crippen LogP contribution in [-0.4, -0.2) is 66.5 Å². The van der Waals surface area contributed by atoms with Gasteiger partial charge in [-0.15, -0.1) is 0 Å². The highest BCUT2D eigenvalue weighted by molar-refractivity contribution is 7.47. The summed E-state index contributed by atoms with van der Waals surface area (Å²) in [6, 6.07) is 0. The Morgan fingerprint density at radius 1 is 0.362 bits per heavy atom. The molecule has 0 aliphatic heterocycles. The van der Waals surface area contributed by atoms with E-state index in [4.69, 9.17) is 23.3 Å². The molecular weight excluding hydrogens is 1020 g/mol. The first-order valence-corrected chi connectivity index (χ1v) is 33.3. The Morgan fingerprint density at radius 3 is 1.04 bits per heavy atom. The number of phosphoric acid groups is 1. The van der Waals surface area contributed by atoms with Gasteiger partial charge in [0.15, 0.2) is 6.10 Å². The summed E-state index contributed by atoms with van der Waals surface area (Å²) in [5, 5.41) is 9.84. The lowest BCUT2D eigenvalue weighted by molar-refractivity contribution is -0.161. The van der Waals surface area contributed by atoms with E-state index in [2.05, 4.69) is 130 Å². The maximum absolute atomic E-state index is 13.0. The summed E-state index contributed by atoms with van der Waals surface area (Å²) in [7, 11) is -4.77. The Morgan fingerprint density at radius 2 is 0.650 bits per heavy atom. The van der Waals surface area contributed by atoms with Gasteiger partial charge in [-0.3, -0.25) is 23.4 Å². The van der Waals surface area contributed by atoms with Crippen molar-refractivity contribution in [3.05, 3.63) is 109 Å². The number of allylic oxidation sites excluding steroid dienone is 18. The molecule has 0 aromatic rings. The first-order chi connectivity index (χ1) is 39.2. The molecule has 0 bridgehead atoms. The number of unbranched alkanes of at least 4 members (excludes halogenated alkanes) is 23. The molecule has 0 saturated carbocycles. The summed E-state index contributed by atoms with van der Waals surface area (Å²) in [6.45, 7) is 4.37. The van der Waals surface area contributed by atoms with E-state index >= 15 is 0 Å². The molecule has 0 aliphatic carbocycles. The fourth-order valence-electron chi connectivity index (χ4n) is 8.39. The predicted molar refractivity (Wildman–Crippen MR) is 334 cm³/mol. The van der Waals surface area contributed by atoms with E-state index in [0.717, 1.165) is 122 Å². The van der Waals surface area contributed by atoms with Crippen LogP contribution in [0.25, 0.3) is 0 Å². The average molecular weight is 1140 g/mol. The molecule has 0 heterocycles. The predicted octanol–water partition coefficient (Wildman–Crippen LogP) is 19.4. The molecule has 0 aromatic heterocycles. The molecule has 0 saturated heterocycles. The van der Waals surface area contributed by atoms with Gasteiger partial charge in [0.05, 0.1) is 19.8 Å². The number of phosphoric ester groups is 1. The second kappa shape index (κ2) is 61.2. The van der Waals surface area contributed by atoms with Crippen LogP contribution >= 0.6 is 7.82 Å². The van der Waals surface area contributed by atoms with E-state index in [-0.39, 0.29) is 25.9 Å². The van der Waals surface area contributed by atoms with Crippen LogP contribution in [0.1, 0.15) is 265 Å². The number of hydrogen-bond donors (Lipinski definition) is 2. The summed E-state index contributed by atoms with van der Waals surface area (Å²) in [5.74, 6) is -1.53. The molecule has 0 radical (unpaired) electrons. The summed E-state index contributed by atoms with van der Waals surface area (Å²) in [6.07, 6.45) is 74.7. The lowest BCUT2D eigenvalue weighted by atomic mass is 10.1. The van der Waals surface area contributed by atoms with E-state index in [9.17, 15) is 28.9 Å². The molecule has 11 nitrogen and oxygen atoms in total. The van der Waals surface area contributed by atoms with Gasteiger partial charge in [-0.2, -0.15) is 0 Å². The molecule has 0 fully saturated rings. The number of aliphatic hydroxyl groups is 1. The van der Waals surface area contributed by atoms with E-state index in [1.807, 2.05) is 0 Å². The van der Waals surface area contributed by atoms with Gasteiger partial charge >= 0.3 is 25.7 Å². The topological polar surface area (TPSA) is 155 Å². The van der Waals surface area contributed by atoms with E-state index in [0.29, 0.717) is 19.3 Å². The lowest BCUT2D eigenvalue weighted by Gasteiger charge is -2.21. The van der Waals surface area contributed by atoms with Crippen molar-refractivity contribution >= 4 is 25.7 Å². The highest BCUT2D eigenvalue weighted by atomic mass is 31.2. The fourth-order valence-corrected chi connectivity index (χ4v) is 9.18. The first-order valence-electron chi connectivity index (χ1n) is 31.8. The second-order valence-corrected chi connectivity index (χ2v) is 22.3. The molecule has 12 heteroatoms. The number of ether oxygens (including phenoxy) is 3. The van der Waals surface area contributed by atoms with Crippen molar-refractivity contribution in [3.8, 4) is 0 Å².